The van der Waals surface area contributed by atoms with Gasteiger partial charge in [0.1, 0.15) is 11.5 Å². The third-order valence-corrected chi connectivity index (χ3v) is 6.75. The van der Waals surface area contributed by atoms with Crippen LogP contribution >= 0.6 is 0 Å². The monoisotopic (exact) mass is 540 g/mol. The second-order valence-corrected chi connectivity index (χ2v) is 9.79. The fourth-order valence-corrected chi connectivity index (χ4v) is 4.71. The molecule has 212 valence electrons. The van der Waals surface area contributed by atoms with Crippen LogP contribution in [0.5, 0.6) is 23.0 Å². The summed E-state index contributed by atoms with van der Waals surface area (Å²) >= 11 is 0. The van der Waals surface area contributed by atoms with Crippen LogP contribution in [0, 0.1) is 6.92 Å². The molecule has 1 aliphatic heterocycles. The van der Waals surface area contributed by atoms with Crippen LogP contribution in [-0.4, -0.2) is 81.7 Å². The highest BCUT2D eigenvalue weighted by molar-refractivity contribution is 6.46. The van der Waals surface area contributed by atoms with Gasteiger partial charge in [0, 0.05) is 12.1 Å². The Labute approximate surface area is 230 Å². The highest BCUT2D eigenvalue weighted by atomic mass is 16.5. The first-order chi connectivity index (χ1) is 18.7. The quantitative estimate of drug-likeness (QED) is 0.171. The highest BCUT2D eigenvalue weighted by Crippen LogP contribution is 2.46. The number of carbonyl (C=O) groups is 2. The molecule has 2 aromatic rings. The number of likely N-dealkylation sites (tertiary alicyclic amines) is 1. The Morgan fingerprint density at radius 2 is 1.64 bits per heavy atom. The Morgan fingerprint density at radius 1 is 0.974 bits per heavy atom. The number of amides is 1. The number of methoxy groups -OCH3 is 3. The van der Waals surface area contributed by atoms with Gasteiger partial charge < -0.3 is 33.9 Å². The zero-order chi connectivity index (χ0) is 28.7. The Balaban J connectivity index is 2.15. The van der Waals surface area contributed by atoms with E-state index in [4.69, 9.17) is 18.9 Å². The number of Topliss-reactive ketones (excluding diaryl/α,β-unsaturated/α-hetero) is 1. The summed E-state index contributed by atoms with van der Waals surface area (Å²) in [6.07, 6.45) is 2.60. The number of ketones is 1. The molecule has 1 fully saturated rings. The molecule has 0 bridgehead atoms. The molecular weight excluding hydrogens is 500 g/mol. The molecule has 9 nitrogen and oxygen atoms in total. The van der Waals surface area contributed by atoms with Gasteiger partial charge in [0.15, 0.2) is 11.5 Å². The Kier molecular flexibility index (Phi) is 10.2. The van der Waals surface area contributed by atoms with Gasteiger partial charge in [0.2, 0.25) is 5.75 Å². The number of aliphatic hydroxyl groups is 1. The molecule has 0 aromatic heterocycles. The molecule has 39 heavy (non-hydrogen) atoms. The van der Waals surface area contributed by atoms with Crippen molar-refractivity contribution < 1.29 is 33.6 Å². The number of hydrogen-bond donors (Lipinski definition) is 1. The van der Waals surface area contributed by atoms with Crippen molar-refractivity contribution in [3.63, 3.8) is 0 Å². The molecule has 0 aliphatic carbocycles. The van der Waals surface area contributed by atoms with Crippen LogP contribution in [0.25, 0.3) is 5.76 Å². The van der Waals surface area contributed by atoms with E-state index in [1.165, 1.54) is 26.2 Å². The lowest BCUT2D eigenvalue weighted by Gasteiger charge is -2.27. The summed E-state index contributed by atoms with van der Waals surface area (Å²) in [4.78, 5) is 30.3. The summed E-state index contributed by atoms with van der Waals surface area (Å²) in [6, 6.07) is 7.82. The molecule has 1 saturated heterocycles. The van der Waals surface area contributed by atoms with Gasteiger partial charge in [0.05, 0.1) is 39.6 Å². The smallest absolute Gasteiger partial charge is 0.295 e. The van der Waals surface area contributed by atoms with E-state index in [1.807, 2.05) is 25.9 Å². The van der Waals surface area contributed by atoms with Crippen molar-refractivity contribution >= 4 is 17.4 Å². The van der Waals surface area contributed by atoms with Crippen molar-refractivity contribution in [1.82, 2.24) is 9.80 Å². The molecule has 0 spiro atoms. The highest BCUT2D eigenvalue weighted by Gasteiger charge is 2.46. The summed E-state index contributed by atoms with van der Waals surface area (Å²) in [5, 5.41) is 11.5. The standard InChI is InChI=1S/C30H40N2O7/c1-8-9-15-39-22-12-11-20(16-19(22)2)27(33)25-26(32(30(35)28(25)34)14-10-13-31(3)4)21-17-23(36-5)29(38-7)24(18-21)37-6/h11-12,16-18,26,33H,8-10,13-15H2,1-7H3/t26-/m0/s1. The number of nitrogens with zero attached hydrogens (tertiary/aromatic N) is 2. The third-order valence-electron chi connectivity index (χ3n) is 6.75. The van der Waals surface area contributed by atoms with Gasteiger partial charge in [-0.1, -0.05) is 13.3 Å². The first kappa shape index (κ1) is 29.8. The van der Waals surface area contributed by atoms with E-state index in [9.17, 15) is 14.7 Å². The van der Waals surface area contributed by atoms with Crippen molar-refractivity contribution in [2.24, 2.45) is 0 Å². The number of hydrogen-bond acceptors (Lipinski definition) is 8. The van der Waals surface area contributed by atoms with Crippen molar-refractivity contribution in [2.45, 2.75) is 39.2 Å². The predicted molar refractivity (Wildman–Crippen MR) is 150 cm³/mol. The second-order valence-electron chi connectivity index (χ2n) is 9.79. The van der Waals surface area contributed by atoms with Gasteiger partial charge in [-0.05, 0) is 81.9 Å². The summed E-state index contributed by atoms with van der Waals surface area (Å²) in [5.74, 6) is 0.228. The van der Waals surface area contributed by atoms with Crippen LogP contribution in [0.4, 0.5) is 0 Å². The van der Waals surface area contributed by atoms with Gasteiger partial charge in [-0.3, -0.25) is 9.59 Å². The molecule has 0 radical (unpaired) electrons. The van der Waals surface area contributed by atoms with Crippen LogP contribution in [0.3, 0.4) is 0 Å². The molecule has 0 unspecified atom stereocenters. The van der Waals surface area contributed by atoms with Crippen molar-refractivity contribution in [1.29, 1.82) is 0 Å². The average Bonchev–Trinajstić information content (AvgIpc) is 3.17. The number of aliphatic hydroxyl groups excluding tert-OH is 1. The molecule has 3 rings (SSSR count). The van der Waals surface area contributed by atoms with Gasteiger partial charge in [0.25, 0.3) is 11.7 Å². The number of benzene rings is 2. The Hall–Kier alpha value is -3.72. The minimum Gasteiger partial charge on any atom is -0.507 e. The van der Waals surface area contributed by atoms with Crippen molar-refractivity contribution in [3.05, 3.63) is 52.6 Å². The second kappa shape index (κ2) is 13.4. The molecule has 0 saturated carbocycles. The van der Waals surface area contributed by atoms with Crippen LogP contribution in [0.2, 0.25) is 0 Å². The van der Waals surface area contributed by atoms with Crippen LogP contribution in [-0.2, 0) is 9.59 Å². The van der Waals surface area contributed by atoms with E-state index in [2.05, 4.69) is 6.92 Å². The average molecular weight is 541 g/mol. The summed E-state index contributed by atoms with van der Waals surface area (Å²) in [5.41, 5.74) is 1.82. The lowest BCUT2D eigenvalue weighted by Crippen LogP contribution is -2.32. The van der Waals surface area contributed by atoms with Gasteiger partial charge >= 0.3 is 0 Å². The zero-order valence-corrected chi connectivity index (χ0v) is 24.0. The first-order valence-electron chi connectivity index (χ1n) is 13.1. The van der Waals surface area contributed by atoms with Gasteiger partial charge in [-0.25, -0.2) is 0 Å². The minimum atomic E-state index is -0.846. The third kappa shape index (κ3) is 6.47. The number of carbonyl (C=O) groups excluding carboxylic acids is 2. The van der Waals surface area contributed by atoms with E-state index in [1.54, 1.807) is 30.3 Å². The molecule has 1 atom stereocenters. The molecule has 9 heteroatoms. The van der Waals surface area contributed by atoms with E-state index in [0.717, 1.165) is 24.9 Å². The molecule has 1 heterocycles. The minimum absolute atomic E-state index is 0.0122. The first-order valence-corrected chi connectivity index (χ1v) is 13.1. The SMILES string of the molecule is CCCCOc1ccc(C(O)=C2C(=O)C(=O)N(CCCN(C)C)[C@H]2c2cc(OC)c(OC)c(OC)c2)cc1C. The van der Waals surface area contributed by atoms with E-state index < -0.39 is 17.7 Å². The van der Waals surface area contributed by atoms with Gasteiger partial charge in [-0.15, -0.1) is 0 Å². The van der Waals surface area contributed by atoms with Crippen molar-refractivity contribution in [3.8, 4) is 23.0 Å². The fourth-order valence-electron chi connectivity index (χ4n) is 4.71. The maximum atomic E-state index is 13.4. The summed E-state index contributed by atoms with van der Waals surface area (Å²) < 4.78 is 22.4. The number of ether oxygens (including phenoxy) is 4. The van der Waals surface area contributed by atoms with E-state index in [0.29, 0.717) is 53.7 Å². The molecule has 1 N–H and O–H groups in total. The Morgan fingerprint density at radius 3 is 2.18 bits per heavy atom. The topological polar surface area (TPSA) is 97.8 Å². The fraction of sp³-hybridized carbons (Fsp3) is 0.467. The number of aryl methyl sites for hydroxylation is 1. The van der Waals surface area contributed by atoms with Crippen LogP contribution in [0.1, 0.15) is 48.9 Å². The van der Waals surface area contributed by atoms with Crippen LogP contribution < -0.4 is 18.9 Å². The summed E-state index contributed by atoms with van der Waals surface area (Å²) in [7, 11) is 8.40. The number of unbranched alkanes of at least 4 members (excludes halogenated alkanes) is 1. The lowest BCUT2D eigenvalue weighted by molar-refractivity contribution is -0.139. The molecular formula is C30H40N2O7. The van der Waals surface area contributed by atoms with Crippen molar-refractivity contribution in [2.75, 3.05) is 55.1 Å². The summed E-state index contributed by atoms with van der Waals surface area (Å²) in [6.45, 7) is 5.63. The Bertz CT molecular complexity index is 1200. The maximum absolute atomic E-state index is 13.4. The molecule has 2 aromatic carbocycles. The van der Waals surface area contributed by atoms with E-state index >= 15 is 0 Å². The van der Waals surface area contributed by atoms with E-state index in [-0.39, 0.29) is 11.3 Å². The van der Waals surface area contributed by atoms with Gasteiger partial charge in [-0.2, -0.15) is 0 Å². The molecule has 1 aliphatic rings. The lowest BCUT2D eigenvalue weighted by atomic mass is 9.94. The molecule has 1 amide bonds. The zero-order valence-electron chi connectivity index (χ0n) is 24.0. The normalized spacial score (nSPS) is 16.6. The number of rotatable bonds is 13. The predicted octanol–water partition coefficient (Wildman–Crippen LogP) is 4.57. The maximum Gasteiger partial charge on any atom is 0.295 e. The van der Waals surface area contributed by atoms with Crippen LogP contribution in [0.15, 0.2) is 35.9 Å². The largest absolute Gasteiger partial charge is 0.507 e.